The molecule has 1 aliphatic carbocycles. The van der Waals surface area contributed by atoms with Crippen LogP contribution in [0.15, 0.2) is 0 Å². The van der Waals surface area contributed by atoms with E-state index in [4.69, 9.17) is 0 Å². The summed E-state index contributed by atoms with van der Waals surface area (Å²) in [5.74, 6) is -2.41. The van der Waals surface area contributed by atoms with Gasteiger partial charge in [-0.2, -0.15) is 0 Å². The van der Waals surface area contributed by atoms with Gasteiger partial charge in [0.05, 0.1) is 0 Å². The number of hydrogen-bond donors (Lipinski definition) is 1. The van der Waals surface area contributed by atoms with Crippen molar-refractivity contribution in [1.29, 1.82) is 0 Å². The molecule has 12 heavy (non-hydrogen) atoms. The monoisotopic (exact) mass is 167 g/mol. The summed E-state index contributed by atoms with van der Waals surface area (Å²) in [5.41, 5.74) is 0. The van der Waals surface area contributed by atoms with Crippen LogP contribution in [0.1, 0.15) is 6.42 Å². The Hall–Kier alpha value is -1.03. The van der Waals surface area contributed by atoms with E-state index in [1.54, 1.807) is 0 Å². The molecule has 1 saturated carbocycles. The minimum atomic E-state index is -0.784. The lowest BCUT2D eigenvalue weighted by molar-refractivity contribution is -0.141. The Labute approximate surface area is 69.3 Å². The molecule has 2 fully saturated rings. The van der Waals surface area contributed by atoms with Crippen LogP contribution in [0.25, 0.3) is 0 Å². The van der Waals surface area contributed by atoms with E-state index < -0.39 is 17.3 Å². The van der Waals surface area contributed by atoms with Gasteiger partial charge in [-0.05, 0) is 13.0 Å². The number of hydrogen-bond acceptors (Lipinski definition) is 4. The molecule has 0 amide bonds. The lowest BCUT2D eigenvalue weighted by Crippen LogP contribution is -2.38. The van der Waals surface area contributed by atoms with Gasteiger partial charge in [0, 0.05) is 18.4 Å². The maximum atomic E-state index is 11.2. The van der Waals surface area contributed by atoms with Crippen molar-refractivity contribution in [3.05, 3.63) is 0 Å². The molecule has 4 nitrogen and oxygen atoms in total. The molecule has 1 aliphatic heterocycles. The summed E-state index contributed by atoms with van der Waals surface area (Å²) in [6, 6.07) is 0. The Balaban J connectivity index is 2.31. The number of piperidine rings is 1. The van der Waals surface area contributed by atoms with Crippen LogP contribution in [0.5, 0.6) is 0 Å². The number of rotatable bonds is 0. The minimum Gasteiger partial charge on any atom is -0.316 e. The van der Waals surface area contributed by atoms with Gasteiger partial charge in [-0.25, -0.2) is 0 Å². The molecule has 2 atom stereocenters. The molecule has 1 heterocycles. The first-order valence-corrected chi connectivity index (χ1v) is 4.05. The Bertz CT molecular complexity index is 245. The Morgan fingerprint density at radius 3 is 2.42 bits per heavy atom. The molecule has 1 saturated heterocycles. The average Bonchev–Trinajstić information content (AvgIpc) is 2.33. The second-order valence-electron chi connectivity index (χ2n) is 3.26. The lowest BCUT2D eigenvalue weighted by Gasteiger charge is -2.22. The topological polar surface area (TPSA) is 63.2 Å². The number of carbonyl (C=O) groups excluding carboxylic acids is 3. The van der Waals surface area contributed by atoms with Crippen LogP contribution >= 0.6 is 0 Å². The van der Waals surface area contributed by atoms with E-state index in [9.17, 15) is 14.4 Å². The molecule has 1 N–H and O–H groups in total. The maximum absolute atomic E-state index is 11.2. The van der Waals surface area contributed by atoms with Crippen molar-refractivity contribution in [2.45, 2.75) is 6.42 Å². The van der Waals surface area contributed by atoms with E-state index in [2.05, 4.69) is 5.32 Å². The summed E-state index contributed by atoms with van der Waals surface area (Å²) >= 11 is 0. The van der Waals surface area contributed by atoms with Crippen LogP contribution in [0.4, 0.5) is 0 Å². The molecule has 0 aromatic heterocycles. The summed E-state index contributed by atoms with van der Waals surface area (Å²) in [5, 5.41) is 3.00. The standard InChI is InChI=1S/C8H9NO3/c10-6-4-1-2-9-3-5(4)7(11)8(6)12/h4-5,9H,1-3H2. The largest absolute Gasteiger partial charge is 0.316 e. The summed E-state index contributed by atoms with van der Waals surface area (Å²) in [6.45, 7) is 1.22. The highest BCUT2D eigenvalue weighted by Gasteiger charge is 2.49. The van der Waals surface area contributed by atoms with Crippen molar-refractivity contribution in [2.75, 3.05) is 13.1 Å². The van der Waals surface area contributed by atoms with Crippen LogP contribution < -0.4 is 5.32 Å². The summed E-state index contributed by atoms with van der Waals surface area (Å²) in [4.78, 5) is 33.2. The highest BCUT2D eigenvalue weighted by Crippen LogP contribution is 2.27. The first-order chi connectivity index (χ1) is 5.72. The van der Waals surface area contributed by atoms with Gasteiger partial charge in [-0.15, -0.1) is 0 Å². The number of Topliss-reactive ketones (excluding diaryl/α,β-unsaturated/α-hetero) is 3. The van der Waals surface area contributed by atoms with Crippen molar-refractivity contribution in [1.82, 2.24) is 5.32 Å². The van der Waals surface area contributed by atoms with E-state index in [1.165, 1.54) is 0 Å². The zero-order valence-electron chi connectivity index (χ0n) is 6.50. The molecular weight excluding hydrogens is 158 g/mol. The zero-order valence-corrected chi connectivity index (χ0v) is 6.50. The SMILES string of the molecule is O=C1C(=O)C2CCNCC2C1=O. The number of nitrogens with one attached hydrogen (secondary N) is 1. The summed E-state index contributed by atoms with van der Waals surface area (Å²) in [7, 11) is 0. The molecular formula is C8H9NO3. The first kappa shape index (κ1) is 7.61. The third-order valence-corrected chi connectivity index (χ3v) is 2.60. The number of carbonyl (C=O) groups is 3. The third kappa shape index (κ3) is 0.845. The lowest BCUT2D eigenvalue weighted by atomic mass is 9.89. The molecule has 2 unspecified atom stereocenters. The first-order valence-electron chi connectivity index (χ1n) is 4.05. The molecule has 0 aromatic rings. The van der Waals surface area contributed by atoms with Crippen molar-refractivity contribution < 1.29 is 14.4 Å². The molecule has 64 valence electrons. The summed E-state index contributed by atoms with van der Waals surface area (Å²) < 4.78 is 0. The normalized spacial score (nSPS) is 35.5. The van der Waals surface area contributed by atoms with Crippen molar-refractivity contribution in [3.63, 3.8) is 0 Å². The second-order valence-corrected chi connectivity index (χ2v) is 3.26. The Kier molecular flexibility index (Phi) is 1.58. The van der Waals surface area contributed by atoms with Crippen LogP contribution in [0.2, 0.25) is 0 Å². The maximum Gasteiger partial charge on any atom is 0.264 e. The van der Waals surface area contributed by atoms with Gasteiger partial charge in [0.2, 0.25) is 11.6 Å². The van der Waals surface area contributed by atoms with Gasteiger partial charge in [-0.3, -0.25) is 14.4 Å². The van der Waals surface area contributed by atoms with E-state index in [0.29, 0.717) is 13.0 Å². The minimum absolute atomic E-state index is 0.314. The van der Waals surface area contributed by atoms with Gasteiger partial charge in [0.25, 0.3) is 5.78 Å². The molecule has 0 aromatic carbocycles. The molecule has 0 bridgehead atoms. The highest BCUT2D eigenvalue weighted by atomic mass is 16.2. The molecule has 0 radical (unpaired) electrons. The van der Waals surface area contributed by atoms with E-state index in [1.807, 2.05) is 0 Å². The Morgan fingerprint density at radius 2 is 1.75 bits per heavy atom. The molecule has 4 heteroatoms. The van der Waals surface area contributed by atoms with Crippen molar-refractivity contribution in [3.8, 4) is 0 Å². The van der Waals surface area contributed by atoms with E-state index in [0.717, 1.165) is 6.54 Å². The summed E-state index contributed by atoms with van der Waals surface area (Å²) in [6.07, 6.45) is 0.626. The van der Waals surface area contributed by atoms with Gasteiger partial charge < -0.3 is 5.32 Å². The quantitative estimate of drug-likeness (QED) is 0.467. The van der Waals surface area contributed by atoms with E-state index >= 15 is 0 Å². The molecule has 0 spiro atoms. The van der Waals surface area contributed by atoms with Crippen LogP contribution in [0, 0.1) is 11.8 Å². The fourth-order valence-corrected chi connectivity index (χ4v) is 1.91. The third-order valence-electron chi connectivity index (χ3n) is 2.60. The predicted molar refractivity (Wildman–Crippen MR) is 39.5 cm³/mol. The molecule has 2 aliphatic rings. The van der Waals surface area contributed by atoms with Crippen LogP contribution in [-0.4, -0.2) is 30.4 Å². The fraction of sp³-hybridized carbons (Fsp3) is 0.625. The zero-order chi connectivity index (χ0) is 8.72. The van der Waals surface area contributed by atoms with Crippen LogP contribution in [0.3, 0.4) is 0 Å². The Morgan fingerprint density at radius 1 is 1.08 bits per heavy atom. The van der Waals surface area contributed by atoms with Crippen LogP contribution in [-0.2, 0) is 14.4 Å². The number of ketones is 3. The van der Waals surface area contributed by atoms with Gasteiger partial charge in [-0.1, -0.05) is 0 Å². The fourth-order valence-electron chi connectivity index (χ4n) is 1.91. The van der Waals surface area contributed by atoms with Gasteiger partial charge in [0.15, 0.2) is 0 Å². The molecule has 2 rings (SSSR count). The predicted octanol–water partition coefficient (Wildman–Crippen LogP) is -1.07. The van der Waals surface area contributed by atoms with Crippen molar-refractivity contribution in [2.24, 2.45) is 11.8 Å². The van der Waals surface area contributed by atoms with Gasteiger partial charge >= 0.3 is 0 Å². The average molecular weight is 167 g/mol. The smallest absolute Gasteiger partial charge is 0.264 e. The highest BCUT2D eigenvalue weighted by molar-refractivity contribution is 6.68. The van der Waals surface area contributed by atoms with Gasteiger partial charge in [0.1, 0.15) is 0 Å². The van der Waals surface area contributed by atoms with Crippen molar-refractivity contribution >= 4 is 17.3 Å². The number of fused-ring (bicyclic) bond motifs is 1. The van der Waals surface area contributed by atoms with E-state index in [-0.39, 0.29) is 11.8 Å². The second kappa shape index (κ2) is 2.48.